The Hall–Kier alpha value is -2.35. The van der Waals surface area contributed by atoms with E-state index in [0.29, 0.717) is 18.7 Å². The summed E-state index contributed by atoms with van der Waals surface area (Å²) < 4.78 is 0. The first-order valence-corrected chi connectivity index (χ1v) is 6.51. The molecule has 5 nitrogen and oxygen atoms in total. The lowest BCUT2D eigenvalue weighted by Gasteiger charge is -2.21. The van der Waals surface area contributed by atoms with Crippen LogP contribution in [0.1, 0.15) is 26.3 Å². The van der Waals surface area contributed by atoms with Crippen LogP contribution in [0.15, 0.2) is 24.3 Å². The summed E-state index contributed by atoms with van der Waals surface area (Å²) in [6.45, 7) is 5.91. The maximum absolute atomic E-state index is 11.7. The Bertz CT molecular complexity index is 515. The van der Waals surface area contributed by atoms with E-state index < -0.39 is 0 Å². The number of rotatable bonds is 5. The molecule has 0 saturated heterocycles. The molecule has 1 rings (SSSR count). The zero-order valence-corrected chi connectivity index (χ0v) is 12.0. The van der Waals surface area contributed by atoms with E-state index in [4.69, 9.17) is 5.26 Å². The number of nitrogens with zero attached hydrogens (tertiary/aromatic N) is 2. The number of amides is 2. The Balaban J connectivity index is 2.67. The van der Waals surface area contributed by atoms with E-state index in [0.717, 1.165) is 5.69 Å². The number of nitrogens with one attached hydrogen (secondary N) is 1. The van der Waals surface area contributed by atoms with Crippen LogP contribution in [0.25, 0.3) is 0 Å². The number of carbonyl (C=O) groups excluding carboxylic acids is 2. The lowest BCUT2D eigenvalue weighted by molar-refractivity contribution is -0.124. The normalized spacial score (nSPS) is 9.95. The van der Waals surface area contributed by atoms with Crippen LogP contribution in [0.5, 0.6) is 0 Å². The molecule has 0 saturated carbocycles. The molecule has 0 aliphatic rings. The van der Waals surface area contributed by atoms with E-state index in [-0.39, 0.29) is 17.7 Å². The smallest absolute Gasteiger partial charge is 0.223 e. The van der Waals surface area contributed by atoms with Gasteiger partial charge in [-0.15, -0.1) is 0 Å². The molecule has 1 N–H and O–H groups in total. The second-order valence-electron chi connectivity index (χ2n) is 4.78. The molecule has 1 aromatic rings. The van der Waals surface area contributed by atoms with Gasteiger partial charge in [-0.2, -0.15) is 5.26 Å². The molecule has 0 bridgehead atoms. The topological polar surface area (TPSA) is 73.2 Å². The molecule has 2 amide bonds. The van der Waals surface area contributed by atoms with Crippen molar-refractivity contribution in [2.75, 3.05) is 18.0 Å². The molecule has 20 heavy (non-hydrogen) atoms. The molecule has 0 unspecified atom stereocenters. The van der Waals surface area contributed by atoms with Gasteiger partial charge in [-0.05, 0) is 24.3 Å². The fourth-order valence-electron chi connectivity index (χ4n) is 1.68. The third-order valence-electron chi connectivity index (χ3n) is 2.85. The van der Waals surface area contributed by atoms with Crippen LogP contribution in [-0.4, -0.2) is 24.9 Å². The number of hydrogen-bond acceptors (Lipinski definition) is 3. The van der Waals surface area contributed by atoms with E-state index in [1.807, 2.05) is 19.9 Å². The SMILES string of the molecule is CC(=O)N(CCNC(=O)C(C)C)c1ccc(C#N)cc1. The van der Waals surface area contributed by atoms with Gasteiger partial charge < -0.3 is 10.2 Å². The van der Waals surface area contributed by atoms with Gasteiger partial charge in [0.05, 0.1) is 11.6 Å². The Labute approximate surface area is 119 Å². The van der Waals surface area contributed by atoms with Gasteiger partial charge in [-0.1, -0.05) is 13.8 Å². The van der Waals surface area contributed by atoms with E-state index in [1.165, 1.54) is 6.92 Å². The van der Waals surface area contributed by atoms with Crippen molar-refractivity contribution in [3.05, 3.63) is 29.8 Å². The molecular formula is C15H19N3O2. The molecule has 0 heterocycles. The Morgan fingerprint density at radius 3 is 2.35 bits per heavy atom. The minimum atomic E-state index is -0.103. The maximum Gasteiger partial charge on any atom is 0.223 e. The van der Waals surface area contributed by atoms with Crippen LogP contribution in [0.4, 0.5) is 5.69 Å². The monoisotopic (exact) mass is 273 g/mol. The number of carbonyl (C=O) groups is 2. The fourth-order valence-corrected chi connectivity index (χ4v) is 1.68. The molecule has 1 aromatic carbocycles. The number of benzene rings is 1. The van der Waals surface area contributed by atoms with Crippen molar-refractivity contribution in [1.29, 1.82) is 5.26 Å². The summed E-state index contributed by atoms with van der Waals surface area (Å²) in [5.74, 6) is -0.211. The van der Waals surface area contributed by atoms with Gasteiger partial charge in [0, 0.05) is 31.6 Å². The molecule has 0 atom stereocenters. The minimum Gasteiger partial charge on any atom is -0.354 e. The van der Waals surface area contributed by atoms with E-state index in [2.05, 4.69) is 5.32 Å². The average molecular weight is 273 g/mol. The molecular weight excluding hydrogens is 254 g/mol. The molecule has 0 aliphatic heterocycles. The van der Waals surface area contributed by atoms with Gasteiger partial charge in [0.15, 0.2) is 0 Å². The highest BCUT2D eigenvalue weighted by atomic mass is 16.2. The van der Waals surface area contributed by atoms with Crippen molar-refractivity contribution >= 4 is 17.5 Å². The van der Waals surface area contributed by atoms with Gasteiger partial charge >= 0.3 is 0 Å². The Morgan fingerprint density at radius 2 is 1.90 bits per heavy atom. The maximum atomic E-state index is 11.7. The van der Waals surface area contributed by atoms with Crippen LogP contribution in [0, 0.1) is 17.2 Å². The van der Waals surface area contributed by atoms with Crippen molar-refractivity contribution in [2.24, 2.45) is 5.92 Å². The van der Waals surface area contributed by atoms with Crippen LogP contribution in [0.3, 0.4) is 0 Å². The van der Waals surface area contributed by atoms with E-state index >= 15 is 0 Å². The van der Waals surface area contributed by atoms with Crippen LogP contribution >= 0.6 is 0 Å². The van der Waals surface area contributed by atoms with Crippen molar-refractivity contribution in [3.8, 4) is 6.07 Å². The molecule has 0 aromatic heterocycles. The Morgan fingerprint density at radius 1 is 1.30 bits per heavy atom. The second-order valence-corrected chi connectivity index (χ2v) is 4.78. The Kier molecular flexibility index (Phi) is 5.73. The zero-order valence-electron chi connectivity index (χ0n) is 12.0. The summed E-state index contributed by atoms with van der Waals surface area (Å²) in [6, 6.07) is 8.81. The quantitative estimate of drug-likeness (QED) is 0.887. The third kappa shape index (κ3) is 4.39. The number of anilines is 1. The molecule has 5 heteroatoms. The zero-order chi connectivity index (χ0) is 15.1. The standard InChI is InChI=1S/C15H19N3O2/c1-11(2)15(20)17-8-9-18(12(3)19)14-6-4-13(10-16)5-7-14/h4-7,11H,8-9H2,1-3H3,(H,17,20). The molecule has 0 fully saturated rings. The minimum absolute atomic E-state index is 0.0340. The second kappa shape index (κ2) is 7.29. The van der Waals surface area contributed by atoms with Gasteiger partial charge in [0.2, 0.25) is 11.8 Å². The van der Waals surface area contributed by atoms with Gasteiger partial charge in [0.1, 0.15) is 0 Å². The number of hydrogen-bond donors (Lipinski definition) is 1. The van der Waals surface area contributed by atoms with Crippen molar-refractivity contribution in [2.45, 2.75) is 20.8 Å². The molecule has 0 aliphatic carbocycles. The van der Waals surface area contributed by atoms with Crippen molar-refractivity contribution < 1.29 is 9.59 Å². The van der Waals surface area contributed by atoms with Crippen molar-refractivity contribution in [3.63, 3.8) is 0 Å². The summed E-state index contributed by atoms with van der Waals surface area (Å²) >= 11 is 0. The van der Waals surface area contributed by atoms with E-state index in [1.54, 1.807) is 29.2 Å². The average Bonchev–Trinajstić information content (AvgIpc) is 2.43. The highest BCUT2D eigenvalue weighted by Gasteiger charge is 2.12. The van der Waals surface area contributed by atoms with E-state index in [9.17, 15) is 9.59 Å². The van der Waals surface area contributed by atoms with Gasteiger partial charge in [-0.25, -0.2) is 0 Å². The fraction of sp³-hybridized carbons (Fsp3) is 0.400. The lowest BCUT2D eigenvalue weighted by atomic mass is 10.2. The van der Waals surface area contributed by atoms with Crippen LogP contribution < -0.4 is 10.2 Å². The summed E-state index contributed by atoms with van der Waals surface area (Å²) in [6.07, 6.45) is 0. The first-order valence-electron chi connectivity index (χ1n) is 6.51. The third-order valence-corrected chi connectivity index (χ3v) is 2.85. The van der Waals surface area contributed by atoms with Crippen LogP contribution in [-0.2, 0) is 9.59 Å². The van der Waals surface area contributed by atoms with Crippen LogP contribution in [0.2, 0.25) is 0 Å². The summed E-state index contributed by atoms with van der Waals surface area (Å²) in [7, 11) is 0. The summed E-state index contributed by atoms with van der Waals surface area (Å²) in [5, 5.41) is 11.5. The summed E-state index contributed by atoms with van der Waals surface area (Å²) in [4.78, 5) is 24.7. The van der Waals surface area contributed by atoms with Gasteiger partial charge in [0.25, 0.3) is 0 Å². The predicted molar refractivity (Wildman–Crippen MR) is 77.0 cm³/mol. The largest absolute Gasteiger partial charge is 0.354 e. The highest BCUT2D eigenvalue weighted by molar-refractivity contribution is 5.91. The summed E-state index contributed by atoms with van der Waals surface area (Å²) in [5.41, 5.74) is 1.26. The molecule has 106 valence electrons. The highest BCUT2D eigenvalue weighted by Crippen LogP contribution is 2.14. The molecule has 0 radical (unpaired) electrons. The van der Waals surface area contributed by atoms with Crippen molar-refractivity contribution in [1.82, 2.24) is 5.32 Å². The predicted octanol–water partition coefficient (Wildman–Crippen LogP) is 1.68. The first kappa shape index (κ1) is 15.7. The lowest BCUT2D eigenvalue weighted by Crippen LogP contribution is -2.38. The van der Waals surface area contributed by atoms with Gasteiger partial charge in [-0.3, -0.25) is 9.59 Å². The molecule has 0 spiro atoms. The first-order chi connectivity index (χ1) is 9.45. The number of nitriles is 1.